The van der Waals surface area contributed by atoms with Crippen LogP contribution >= 0.6 is 0 Å². The Hall–Kier alpha value is -1.84. The quantitative estimate of drug-likeness (QED) is 0.887. The highest BCUT2D eigenvalue weighted by Crippen LogP contribution is 2.45. The number of likely N-dealkylation sites (tertiary alicyclic amines) is 1. The lowest BCUT2D eigenvalue weighted by Gasteiger charge is -2.49. The van der Waals surface area contributed by atoms with E-state index < -0.39 is 0 Å². The Kier molecular flexibility index (Phi) is 7.48. The standard InChI is InChI=1S/C15H26N2O2.C6H6/c1-3-12(9-16-13(18)4-2)14(19)17-10-15(11-17)7-5-6-8-15;1-2-4-6-5-3-1/h12H,3-11H2,1-2H3,(H,16,18);1-6H. The van der Waals surface area contributed by atoms with E-state index in [0.29, 0.717) is 18.4 Å². The Morgan fingerprint density at radius 2 is 1.52 bits per heavy atom. The second-order valence-corrected chi connectivity index (χ2v) is 7.32. The zero-order valence-electron chi connectivity index (χ0n) is 15.7. The van der Waals surface area contributed by atoms with Gasteiger partial charge in [-0.3, -0.25) is 9.59 Å². The van der Waals surface area contributed by atoms with Gasteiger partial charge < -0.3 is 10.2 Å². The molecular formula is C21H32N2O2. The molecule has 1 saturated carbocycles. The second kappa shape index (κ2) is 9.59. The van der Waals surface area contributed by atoms with Crippen molar-refractivity contribution in [3.63, 3.8) is 0 Å². The van der Waals surface area contributed by atoms with E-state index >= 15 is 0 Å². The molecule has 1 spiro atoms. The number of carbonyl (C=O) groups is 2. The van der Waals surface area contributed by atoms with E-state index in [0.717, 1.165) is 19.5 Å². The predicted molar refractivity (Wildman–Crippen MR) is 101 cm³/mol. The van der Waals surface area contributed by atoms with Crippen LogP contribution in [0.5, 0.6) is 0 Å². The van der Waals surface area contributed by atoms with Gasteiger partial charge in [-0.15, -0.1) is 0 Å². The monoisotopic (exact) mass is 344 g/mol. The first-order valence-electron chi connectivity index (χ1n) is 9.66. The predicted octanol–water partition coefficient (Wildman–Crippen LogP) is 3.63. The summed E-state index contributed by atoms with van der Waals surface area (Å²) in [7, 11) is 0. The maximum atomic E-state index is 12.4. The van der Waals surface area contributed by atoms with Crippen LogP contribution in [-0.4, -0.2) is 36.3 Å². The minimum absolute atomic E-state index is 0.0297. The molecule has 0 bridgehead atoms. The number of nitrogens with one attached hydrogen (secondary N) is 1. The normalized spacial score (nSPS) is 18.7. The highest BCUT2D eigenvalue weighted by Gasteiger charge is 2.47. The van der Waals surface area contributed by atoms with Gasteiger partial charge in [-0.05, 0) is 19.3 Å². The van der Waals surface area contributed by atoms with Crippen LogP contribution < -0.4 is 5.32 Å². The van der Waals surface area contributed by atoms with Crippen molar-refractivity contribution in [1.82, 2.24) is 10.2 Å². The van der Waals surface area contributed by atoms with Crippen LogP contribution in [0.3, 0.4) is 0 Å². The summed E-state index contributed by atoms with van der Waals surface area (Å²) in [6.07, 6.45) is 6.52. The van der Waals surface area contributed by atoms with Crippen LogP contribution in [0.25, 0.3) is 0 Å². The van der Waals surface area contributed by atoms with Gasteiger partial charge >= 0.3 is 0 Å². The van der Waals surface area contributed by atoms with E-state index in [1.54, 1.807) is 0 Å². The largest absolute Gasteiger partial charge is 0.355 e. The summed E-state index contributed by atoms with van der Waals surface area (Å²) < 4.78 is 0. The Balaban J connectivity index is 0.000000316. The van der Waals surface area contributed by atoms with Crippen LogP contribution in [-0.2, 0) is 9.59 Å². The Bertz CT molecular complexity index is 503. The first kappa shape index (κ1) is 19.5. The van der Waals surface area contributed by atoms with Crippen molar-refractivity contribution in [2.75, 3.05) is 19.6 Å². The minimum atomic E-state index is -0.0470. The van der Waals surface area contributed by atoms with Crippen LogP contribution in [0.1, 0.15) is 52.4 Å². The van der Waals surface area contributed by atoms with E-state index in [1.807, 2.05) is 55.1 Å². The van der Waals surface area contributed by atoms with Crippen molar-refractivity contribution in [2.24, 2.45) is 11.3 Å². The molecule has 0 radical (unpaired) electrons. The maximum absolute atomic E-state index is 12.4. The number of hydrogen-bond acceptors (Lipinski definition) is 2. The molecule has 1 aliphatic heterocycles. The van der Waals surface area contributed by atoms with Gasteiger partial charge in [0.1, 0.15) is 0 Å². The molecule has 1 N–H and O–H groups in total. The summed E-state index contributed by atoms with van der Waals surface area (Å²) in [4.78, 5) is 25.6. The topological polar surface area (TPSA) is 49.4 Å². The lowest BCUT2D eigenvalue weighted by molar-refractivity contribution is -0.147. The van der Waals surface area contributed by atoms with Crippen LogP contribution in [0.2, 0.25) is 0 Å². The summed E-state index contributed by atoms with van der Waals surface area (Å²) in [5, 5.41) is 2.84. The number of benzene rings is 1. The van der Waals surface area contributed by atoms with Crippen molar-refractivity contribution in [3.8, 4) is 0 Å². The van der Waals surface area contributed by atoms with Gasteiger partial charge in [-0.25, -0.2) is 0 Å². The molecule has 138 valence electrons. The van der Waals surface area contributed by atoms with Gasteiger partial charge in [0.05, 0.1) is 5.92 Å². The number of amides is 2. The van der Waals surface area contributed by atoms with Crippen LogP contribution in [0, 0.1) is 11.3 Å². The summed E-state index contributed by atoms with van der Waals surface area (Å²) in [5.74, 6) is 0.216. The van der Waals surface area contributed by atoms with Gasteiger partial charge in [-0.2, -0.15) is 0 Å². The molecule has 1 heterocycles. The summed E-state index contributed by atoms with van der Waals surface area (Å²) in [6.45, 7) is 6.24. The fourth-order valence-electron chi connectivity index (χ4n) is 3.77. The van der Waals surface area contributed by atoms with Crippen molar-refractivity contribution in [2.45, 2.75) is 52.4 Å². The molecule has 4 nitrogen and oxygen atoms in total. The van der Waals surface area contributed by atoms with Gasteiger partial charge in [0.25, 0.3) is 0 Å². The molecule has 4 heteroatoms. The second-order valence-electron chi connectivity index (χ2n) is 7.32. The molecule has 25 heavy (non-hydrogen) atoms. The molecule has 1 aromatic carbocycles. The van der Waals surface area contributed by atoms with Gasteiger partial charge in [0, 0.05) is 31.5 Å². The Labute approximate surface area is 152 Å². The van der Waals surface area contributed by atoms with Gasteiger partial charge in [0.15, 0.2) is 0 Å². The zero-order chi connectivity index (χ0) is 18.1. The van der Waals surface area contributed by atoms with E-state index in [9.17, 15) is 9.59 Å². The molecule has 1 saturated heterocycles. The SMILES string of the molecule is CCC(=O)NCC(CC)C(=O)N1CC2(CCCC2)C1.c1ccccc1. The molecule has 2 aliphatic rings. The molecule has 1 aliphatic carbocycles. The van der Waals surface area contributed by atoms with Crippen molar-refractivity contribution < 1.29 is 9.59 Å². The van der Waals surface area contributed by atoms with Gasteiger partial charge in [-0.1, -0.05) is 63.1 Å². The molecule has 1 aromatic rings. The third kappa shape index (κ3) is 5.58. The first-order valence-corrected chi connectivity index (χ1v) is 9.66. The highest BCUT2D eigenvalue weighted by atomic mass is 16.2. The average molecular weight is 344 g/mol. The third-order valence-electron chi connectivity index (χ3n) is 5.40. The molecular weight excluding hydrogens is 312 g/mol. The minimum Gasteiger partial charge on any atom is -0.355 e. The third-order valence-corrected chi connectivity index (χ3v) is 5.40. The molecule has 1 atom stereocenters. The van der Waals surface area contributed by atoms with E-state index in [1.165, 1.54) is 25.7 Å². The Morgan fingerprint density at radius 3 is 1.96 bits per heavy atom. The van der Waals surface area contributed by atoms with Crippen LogP contribution in [0.15, 0.2) is 36.4 Å². The molecule has 2 amide bonds. The average Bonchev–Trinajstić information content (AvgIpc) is 3.12. The van der Waals surface area contributed by atoms with E-state index in [2.05, 4.69) is 5.32 Å². The lowest BCUT2D eigenvalue weighted by atomic mass is 9.77. The van der Waals surface area contributed by atoms with Crippen molar-refractivity contribution in [1.29, 1.82) is 0 Å². The van der Waals surface area contributed by atoms with E-state index in [-0.39, 0.29) is 17.7 Å². The summed E-state index contributed by atoms with van der Waals surface area (Å²) in [6, 6.07) is 12.0. The first-order chi connectivity index (χ1) is 12.1. The number of nitrogens with zero attached hydrogens (tertiary/aromatic N) is 1. The fraction of sp³-hybridized carbons (Fsp3) is 0.619. The zero-order valence-corrected chi connectivity index (χ0v) is 15.7. The molecule has 1 unspecified atom stereocenters. The Morgan fingerprint density at radius 1 is 1.00 bits per heavy atom. The van der Waals surface area contributed by atoms with Crippen molar-refractivity contribution in [3.05, 3.63) is 36.4 Å². The smallest absolute Gasteiger partial charge is 0.227 e. The fourth-order valence-corrected chi connectivity index (χ4v) is 3.77. The van der Waals surface area contributed by atoms with Crippen molar-refractivity contribution >= 4 is 11.8 Å². The summed E-state index contributed by atoms with van der Waals surface area (Å²) in [5.41, 5.74) is 0.459. The van der Waals surface area contributed by atoms with Gasteiger partial charge in [0.2, 0.25) is 11.8 Å². The molecule has 0 aromatic heterocycles. The lowest BCUT2D eigenvalue weighted by Crippen LogP contribution is -2.59. The maximum Gasteiger partial charge on any atom is 0.227 e. The number of carbonyl (C=O) groups excluding carboxylic acids is 2. The van der Waals surface area contributed by atoms with Crippen LogP contribution in [0.4, 0.5) is 0 Å². The molecule has 3 rings (SSSR count). The summed E-state index contributed by atoms with van der Waals surface area (Å²) >= 11 is 0. The number of rotatable bonds is 5. The number of hydrogen-bond donors (Lipinski definition) is 1. The van der Waals surface area contributed by atoms with E-state index in [4.69, 9.17) is 0 Å². The molecule has 2 fully saturated rings. The highest BCUT2D eigenvalue weighted by molar-refractivity contribution is 5.81.